The molecule has 0 aliphatic carbocycles. The first-order chi connectivity index (χ1) is 12.2. The van der Waals surface area contributed by atoms with Crippen LogP contribution in [0.1, 0.15) is 17.5 Å². The molecule has 2 aromatic carbocycles. The summed E-state index contributed by atoms with van der Waals surface area (Å²) < 4.78 is 37.3. The van der Waals surface area contributed by atoms with Crippen LogP contribution in [-0.2, 0) is 21.1 Å². The fourth-order valence-electron chi connectivity index (χ4n) is 3.24. The highest BCUT2D eigenvalue weighted by Crippen LogP contribution is 2.31. The van der Waals surface area contributed by atoms with Crippen molar-refractivity contribution < 1.29 is 17.6 Å². The maximum atomic E-state index is 14.4. The molecule has 0 saturated heterocycles. The molecule has 1 N–H and O–H groups in total. The van der Waals surface area contributed by atoms with E-state index >= 15 is 0 Å². The quantitative estimate of drug-likeness (QED) is 0.891. The molecule has 0 bridgehead atoms. The van der Waals surface area contributed by atoms with Gasteiger partial charge in [0.05, 0.1) is 17.1 Å². The van der Waals surface area contributed by atoms with Gasteiger partial charge >= 0.3 is 0 Å². The molecule has 0 spiro atoms. The number of nitrogens with one attached hydrogen (secondary N) is 1. The summed E-state index contributed by atoms with van der Waals surface area (Å²) in [5.74, 6) is -0.574. The number of carbonyl (C=O) groups is 1. The van der Waals surface area contributed by atoms with Crippen LogP contribution in [0.4, 0.5) is 15.8 Å². The molecule has 0 aromatic heterocycles. The van der Waals surface area contributed by atoms with Crippen LogP contribution >= 0.6 is 0 Å². The average Bonchev–Trinajstić information content (AvgIpc) is 2.54. The minimum absolute atomic E-state index is 0.0425. The van der Waals surface area contributed by atoms with E-state index in [2.05, 4.69) is 5.32 Å². The largest absolute Gasteiger partial charge is 0.360 e. The van der Waals surface area contributed by atoms with Crippen LogP contribution in [0.3, 0.4) is 0 Å². The van der Waals surface area contributed by atoms with Gasteiger partial charge in [-0.1, -0.05) is 6.07 Å². The molecule has 1 aliphatic rings. The van der Waals surface area contributed by atoms with Gasteiger partial charge in [0.2, 0.25) is 5.91 Å². The van der Waals surface area contributed by atoms with Gasteiger partial charge in [0.15, 0.2) is 9.84 Å². The van der Waals surface area contributed by atoms with Gasteiger partial charge in [-0.2, -0.15) is 0 Å². The number of sulfone groups is 1. The Bertz CT molecular complexity index is 940. The van der Waals surface area contributed by atoms with E-state index < -0.39 is 9.84 Å². The van der Waals surface area contributed by atoms with Crippen molar-refractivity contribution in [3.8, 4) is 0 Å². The molecule has 138 valence electrons. The van der Waals surface area contributed by atoms with Crippen LogP contribution in [0.2, 0.25) is 0 Å². The first kappa shape index (κ1) is 18.4. The topological polar surface area (TPSA) is 66.5 Å². The number of benzene rings is 2. The fourth-order valence-corrected chi connectivity index (χ4v) is 3.87. The summed E-state index contributed by atoms with van der Waals surface area (Å²) in [5.41, 5.74) is 2.81. The number of hydrogen-bond donors (Lipinski definition) is 1. The van der Waals surface area contributed by atoms with E-state index in [4.69, 9.17) is 0 Å². The Hall–Kier alpha value is -2.41. The third-order valence-corrected chi connectivity index (χ3v) is 5.51. The van der Waals surface area contributed by atoms with Gasteiger partial charge in [-0.25, -0.2) is 12.8 Å². The maximum absolute atomic E-state index is 14.4. The van der Waals surface area contributed by atoms with Crippen LogP contribution in [0.5, 0.6) is 0 Å². The fraction of sp³-hybridized carbons (Fsp3) is 0.316. The Morgan fingerprint density at radius 2 is 1.92 bits per heavy atom. The smallest absolute Gasteiger partial charge is 0.243 e. The van der Waals surface area contributed by atoms with E-state index in [-0.39, 0.29) is 23.2 Å². The highest BCUT2D eigenvalue weighted by atomic mass is 32.2. The van der Waals surface area contributed by atoms with Gasteiger partial charge in [0, 0.05) is 18.5 Å². The number of amides is 1. The van der Waals surface area contributed by atoms with E-state index in [0.29, 0.717) is 17.9 Å². The molecule has 1 heterocycles. The number of fused-ring (bicyclic) bond motifs is 1. The van der Waals surface area contributed by atoms with Crippen molar-refractivity contribution in [3.63, 3.8) is 0 Å². The molecule has 0 atom stereocenters. The molecule has 5 nitrogen and oxygen atoms in total. The van der Waals surface area contributed by atoms with Crippen molar-refractivity contribution in [2.24, 2.45) is 0 Å². The normalized spacial score (nSPS) is 14.0. The first-order valence-corrected chi connectivity index (χ1v) is 10.3. The Morgan fingerprint density at radius 1 is 1.23 bits per heavy atom. The number of hydrogen-bond acceptors (Lipinski definition) is 4. The summed E-state index contributed by atoms with van der Waals surface area (Å²) >= 11 is 0. The van der Waals surface area contributed by atoms with Gasteiger partial charge in [0.1, 0.15) is 5.82 Å². The van der Waals surface area contributed by atoms with Gasteiger partial charge in [-0.15, -0.1) is 0 Å². The summed E-state index contributed by atoms with van der Waals surface area (Å²) in [6.07, 6.45) is 2.80. The molecule has 0 saturated carbocycles. The standard InChI is InChI=1S/C19H21FN2O3S/c1-13-10-14-4-3-9-22(19(14)17(20)11-13)12-18(23)21-15-5-7-16(8-6-15)26(2,24)25/h5-8,10-11H,3-4,9,12H2,1-2H3,(H,21,23). The lowest BCUT2D eigenvalue weighted by Crippen LogP contribution is -2.37. The number of nitrogens with zero attached hydrogens (tertiary/aromatic N) is 1. The van der Waals surface area contributed by atoms with Crippen LogP contribution < -0.4 is 10.2 Å². The summed E-state index contributed by atoms with van der Waals surface area (Å²) in [6.45, 7) is 2.52. The minimum Gasteiger partial charge on any atom is -0.360 e. The monoisotopic (exact) mass is 376 g/mol. The second-order valence-corrected chi connectivity index (χ2v) is 8.64. The molecule has 26 heavy (non-hydrogen) atoms. The van der Waals surface area contributed by atoms with E-state index in [1.54, 1.807) is 17.0 Å². The van der Waals surface area contributed by atoms with Crippen molar-refractivity contribution >= 4 is 27.1 Å². The number of halogens is 1. The highest BCUT2D eigenvalue weighted by Gasteiger charge is 2.23. The third-order valence-electron chi connectivity index (χ3n) is 4.38. The molecule has 7 heteroatoms. The van der Waals surface area contributed by atoms with Crippen LogP contribution in [0.25, 0.3) is 0 Å². The van der Waals surface area contributed by atoms with Crippen molar-refractivity contribution in [2.75, 3.05) is 29.6 Å². The van der Waals surface area contributed by atoms with Crippen LogP contribution in [0.15, 0.2) is 41.3 Å². The van der Waals surface area contributed by atoms with Crippen molar-refractivity contribution in [3.05, 3.63) is 53.3 Å². The molecular formula is C19H21FN2O3S. The zero-order valence-electron chi connectivity index (χ0n) is 14.8. The molecule has 1 amide bonds. The Kier molecular flexibility index (Phi) is 5.00. The summed E-state index contributed by atoms with van der Waals surface area (Å²) in [7, 11) is -3.28. The number of aryl methyl sites for hydroxylation is 2. The van der Waals surface area contributed by atoms with E-state index in [1.807, 2.05) is 13.0 Å². The molecule has 1 aliphatic heterocycles. The van der Waals surface area contributed by atoms with Gasteiger partial charge in [-0.3, -0.25) is 4.79 Å². The second kappa shape index (κ2) is 7.07. The lowest BCUT2D eigenvalue weighted by Gasteiger charge is -2.31. The lowest BCUT2D eigenvalue weighted by atomic mass is 9.99. The van der Waals surface area contributed by atoms with Crippen LogP contribution in [-0.4, -0.2) is 33.7 Å². The van der Waals surface area contributed by atoms with E-state index in [9.17, 15) is 17.6 Å². The van der Waals surface area contributed by atoms with Crippen molar-refractivity contribution in [1.29, 1.82) is 0 Å². The summed E-state index contributed by atoms with van der Waals surface area (Å²) in [6, 6.07) is 9.43. The minimum atomic E-state index is -3.28. The molecule has 0 unspecified atom stereocenters. The molecular weight excluding hydrogens is 355 g/mol. The Morgan fingerprint density at radius 3 is 2.58 bits per heavy atom. The lowest BCUT2D eigenvalue weighted by molar-refractivity contribution is -0.115. The predicted molar refractivity (Wildman–Crippen MR) is 99.9 cm³/mol. The maximum Gasteiger partial charge on any atom is 0.243 e. The van der Waals surface area contributed by atoms with Crippen LogP contribution in [0, 0.1) is 12.7 Å². The molecule has 2 aromatic rings. The Balaban J connectivity index is 1.72. The number of carbonyl (C=O) groups excluding carboxylic acids is 1. The van der Waals surface area contributed by atoms with E-state index in [0.717, 1.165) is 30.2 Å². The van der Waals surface area contributed by atoms with Gasteiger partial charge < -0.3 is 10.2 Å². The highest BCUT2D eigenvalue weighted by molar-refractivity contribution is 7.90. The predicted octanol–water partition coefficient (Wildman–Crippen LogP) is 2.93. The number of rotatable bonds is 4. The Labute approximate surface area is 152 Å². The van der Waals surface area contributed by atoms with Gasteiger partial charge in [-0.05, 0) is 61.2 Å². The SMILES string of the molecule is Cc1cc(F)c2c(c1)CCCN2CC(=O)Nc1ccc(S(C)(=O)=O)cc1. The molecule has 0 fully saturated rings. The van der Waals surface area contributed by atoms with Gasteiger partial charge in [0.25, 0.3) is 0 Å². The second-order valence-electron chi connectivity index (χ2n) is 6.62. The molecule has 3 rings (SSSR count). The van der Waals surface area contributed by atoms with Crippen molar-refractivity contribution in [2.45, 2.75) is 24.7 Å². The summed E-state index contributed by atoms with van der Waals surface area (Å²) in [4.78, 5) is 14.3. The third kappa shape index (κ3) is 4.04. The van der Waals surface area contributed by atoms with Crippen molar-refractivity contribution in [1.82, 2.24) is 0 Å². The molecule has 0 radical (unpaired) electrons. The first-order valence-electron chi connectivity index (χ1n) is 8.38. The zero-order chi connectivity index (χ0) is 18.9. The average molecular weight is 376 g/mol. The number of anilines is 2. The summed E-state index contributed by atoms with van der Waals surface area (Å²) in [5, 5.41) is 2.73. The zero-order valence-corrected chi connectivity index (χ0v) is 15.6. The van der Waals surface area contributed by atoms with E-state index in [1.165, 1.54) is 18.2 Å².